The summed E-state index contributed by atoms with van der Waals surface area (Å²) in [6.45, 7) is 5.52. The summed E-state index contributed by atoms with van der Waals surface area (Å²) in [5, 5.41) is 5.12. The van der Waals surface area contributed by atoms with Gasteiger partial charge in [0.05, 0.1) is 0 Å². The summed E-state index contributed by atoms with van der Waals surface area (Å²) >= 11 is 12.4. The maximum absolute atomic E-state index is 6.21. The third-order valence-electron chi connectivity index (χ3n) is 3.16. The Hall–Kier alpha value is -0.240. The first-order chi connectivity index (χ1) is 7.98. The van der Waals surface area contributed by atoms with Crippen LogP contribution in [0.5, 0.6) is 0 Å². The average molecular weight is 272 g/mol. The van der Waals surface area contributed by atoms with Crippen molar-refractivity contribution < 1.29 is 0 Å². The zero-order chi connectivity index (χ0) is 12.5. The van der Waals surface area contributed by atoms with Crippen LogP contribution in [0.4, 0.5) is 0 Å². The van der Waals surface area contributed by atoms with E-state index in [1.807, 2.05) is 18.2 Å². The van der Waals surface area contributed by atoms with Crippen molar-refractivity contribution in [2.24, 2.45) is 5.41 Å². The van der Waals surface area contributed by atoms with Crippen molar-refractivity contribution in [3.63, 3.8) is 0 Å². The number of hydrogen-bond donors (Lipinski definition) is 1. The fourth-order valence-corrected chi connectivity index (χ4v) is 2.48. The van der Waals surface area contributed by atoms with Crippen molar-refractivity contribution in [3.8, 4) is 0 Å². The molecule has 0 aromatic heterocycles. The normalized spacial score (nSPS) is 16.2. The summed E-state index contributed by atoms with van der Waals surface area (Å²) in [6.07, 6.45) is 3.55. The predicted molar refractivity (Wildman–Crippen MR) is 75.0 cm³/mol. The maximum Gasteiger partial charge on any atom is 0.0453 e. The molecule has 0 aliphatic heterocycles. The van der Waals surface area contributed by atoms with E-state index < -0.39 is 0 Å². The fraction of sp³-hybridized carbons (Fsp3) is 0.571. The van der Waals surface area contributed by atoms with Gasteiger partial charge in [0, 0.05) is 22.6 Å². The second-order valence-electron chi connectivity index (χ2n) is 5.70. The molecule has 17 heavy (non-hydrogen) atoms. The molecule has 1 aromatic rings. The molecule has 1 N–H and O–H groups in total. The van der Waals surface area contributed by atoms with Crippen molar-refractivity contribution in [2.45, 2.75) is 39.2 Å². The molecule has 1 saturated carbocycles. The first kappa shape index (κ1) is 13.2. The molecule has 1 fully saturated rings. The third-order valence-corrected chi connectivity index (χ3v) is 3.87. The molecule has 0 atom stereocenters. The highest BCUT2D eigenvalue weighted by Crippen LogP contribution is 2.32. The largest absolute Gasteiger partial charge is 0.313 e. The molecular formula is C14H19Cl2N. The van der Waals surface area contributed by atoms with E-state index in [0.717, 1.165) is 34.6 Å². The monoisotopic (exact) mass is 271 g/mol. The standard InChI is InChI=1S/C14H19Cl2N/c1-14(2,9-17-10-6-7-10)8-11-12(15)4-3-5-13(11)16/h3-5,10,17H,6-9H2,1-2H3. The van der Waals surface area contributed by atoms with Crippen LogP contribution < -0.4 is 5.32 Å². The van der Waals surface area contributed by atoms with Gasteiger partial charge in [-0.05, 0) is 42.4 Å². The number of halogens is 2. The van der Waals surface area contributed by atoms with Gasteiger partial charge in [-0.25, -0.2) is 0 Å². The highest BCUT2D eigenvalue weighted by Gasteiger charge is 2.26. The molecular weight excluding hydrogens is 253 g/mol. The Kier molecular flexibility index (Phi) is 4.02. The first-order valence-electron chi connectivity index (χ1n) is 6.14. The van der Waals surface area contributed by atoms with Gasteiger partial charge in [-0.15, -0.1) is 0 Å². The summed E-state index contributed by atoms with van der Waals surface area (Å²) in [5.41, 5.74) is 1.25. The molecule has 0 spiro atoms. The predicted octanol–water partition coefficient (Wildman–Crippen LogP) is 4.31. The second-order valence-corrected chi connectivity index (χ2v) is 6.51. The Balaban J connectivity index is 2.02. The molecule has 0 radical (unpaired) electrons. The SMILES string of the molecule is CC(C)(CNC1CC1)Cc1c(Cl)cccc1Cl. The van der Waals surface area contributed by atoms with E-state index in [4.69, 9.17) is 23.2 Å². The van der Waals surface area contributed by atoms with Crippen molar-refractivity contribution in [2.75, 3.05) is 6.54 Å². The Labute approximate surface area is 114 Å². The summed E-state index contributed by atoms with van der Waals surface area (Å²) in [4.78, 5) is 0. The average Bonchev–Trinajstić information content (AvgIpc) is 3.05. The molecule has 1 nitrogen and oxygen atoms in total. The summed E-state index contributed by atoms with van der Waals surface area (Å²) in [5.74, 6) is 0. The summed E-state index contributed by atoms with van der Waals surface area (Å²) < 4.78 is 0. The second kappa shape index (κ2) is 5.17. The maximum atomic E-state index is 6.21. The Morgan fingerprint density at radius 2 is 1.82 bits per heavy atom. The lowest BCUT2D eigenvalue weighted by molar-refractivity contribution is 0.337. The molecule has 0 amide bonds. The molecule has 1 aliphatic rings. The van der Waals surface area contributed by atoms with Crippen molar-refractivity contribution >= 4 is 23.2 Å². The van der Waals surface area contributed by atoms with Crippen molar-refractivity contribution in [3.05, 3.63) is 33.8 Å². The van der Waals surface area contributed by atoms with E-state index in [-0.39, 0.29) is 5.41 Å². The number of benzene rings is 1. The Bertz CT molecular complexity index is 377. The molecule has 1 aliphatic carbocycles. The van der Waals surface area contributed by atoms with Crippen molar-refractivity contribution in [1.29, 1.82) is 0 Å². The van der Waals surface area contributed by atoms with Gasteiger partial charge in [0.2, 0.25) is 0 Å². The number of nitrogens with one attached hydrogen (secondary N) is 1. The van der Waals surface area contributed by atoms with Crippen LogP contribution >= 0.6 is 23.2 Å². The fourth-order valence-electron chi connectivity index (χ4n) is 1.95. The van der Waals surface area contributed by atoms with E-state index in [9.17, 15) is 0 Å². The lowest BCUT2D eigenvalue weighted by Crippen LogP contribution is -2.32. The van der Waals surface area contributed by atoms with Crippen LogP contribution in [0.1, 0.15) is 32.3 Å². The van der Waals surface area contributed by atoms with Gasteiger partial charge in [0.25, 0.3) is 0 Å². The van der Waals surface area contributed by atoms with Crippen LogP contribution in [0.15, 0.2) is 18.2 Å². The van der Waals surface area contributed by atoms with Crippen LogP contribution in [0.3, 0.4) is 0 Å². The van der Waals surface area contributed by atoms with Crippen molar-refractivity contribution in [1.82, 2.24) is 5.32 Å². The zero-order valence-electron chi connectivity index (χ0n) is 10.4. The highest BCUT2D eigenvalue weighted by atomic mass is 35.5. The quantitative estimate of drug-likeness (QED) is 0.842. The topological polar surface area (TPSA) is 12.0 Å². The Morgan fingerprint density at radius 1 is 1.24 bits per heavy atom. The number of rotatable bonds is 5. The van der Waals surface area contributed by atoms with Crippen LogP contribution in [-0.2, 0) is 6.42 Å². The Morgan fingerprint density at radius 3 is 2.35 bits per heavy atom. The summed E-state index contributed by atoms with van der Waals surface area (Å²) in [7, 11) is 0. The van der Waals surface area contributed by atoms with Crippen LogP contribution in [0, 0.1) is 5.41 Å². The van der Waals surface area contributed by atoms with E-state index >= 15 is 0 Å². The molecule has 94 valence electrons. The van der Waals surface area contributed by atoms with E-state index in [2.05, 4.69) is 19.2 Å². The van der Waals surface area contributed by atoms with Gasteiger partial charge >= 0.3 is 0 Å². The molecule has 3 heteroatoms. The van der Waals surface area contributed by atoms with E-state index in [1.54, 1.807) is 0 Å². The molecule has 0 unspecified atom stereocenters. The van der Waals surface area contributed by atoms with Gasteiger partial charge in [-0.1, -0.05) is 43.1 Å². The molecule has 0 saturated heterocycles. The lowest BCUT2D eigenvalue weighted by Gasteiger charge is -2.26. The smallest absolute Gasteiger partial charge is 0.0453 e. The highest BCUT2D eigenvalue weighted by molar-refractivity contribution is 6.35. The van der Waals surface area contributed by atoms with Gasteiger partial charge < -0.3 is 5.32 Å². The minimum atomic E-state index is 0.178. The van der Waals surface area contributed by atoms with Gasteiger partial charge in [-0.2, -0.15) is 0 Å². The van der Waals surface area contributed by atoms with Gasteiger partial charge in [0.15, 0.2) is 0 Å². The zero-order valence-corrected chi connectivity index (χ0v) is 11.9. The van der Waals surface area contributed by atoms with Crippen LogP contribution in [-0.4, -0.2) is 12.6 Å². The van der Waals surface area contributed by atoms with Gasteiger partial charge in [-0.3, -0.25) is 0 Å². The first-order valence-corrected chi connectivity index (χ1v) is 6.90. The third kappa shape index (κ3) is 3.87. The summed E-state index contributed by atoms with van der Waals surface area (Å²) in [6, 6.07) is 6.46. The molecule has 2 rings (SSSR count). The number of hydrogen-bond acceptors (Lipinski definition) is 1. The lowest BCUT2D eigenvalue weighted by atomic mass is 9.85. The minimum absolute atomic E-state index is 0.178. The van der Waals surface area contributed by atoms with Crippen LogP contribution in [0.25, 0.3) is 0 Å². The van der Waals surface area contributed by atoms with E-state index in [0.29, 0.717) is 0 Å². The van der Waals surface area contributed by atoms with Crippen LogP contribution in [0.2, 0.25) is 10.0 Å². The molecule has 0 bridgehead atoms. The minimum Gasteiger partial charge on any atom is -0.313 e. The molecule has 1 aromatic carbocycles. The van der Waals surface area contributed by atoms with E-state index in [1.165, 1.54) is 12.8 Å². The molecule has 0 heterocycles. The van der Waals surface area contributed by atoms with Gasteiger partial charge in [0.1, 0.15) is 0 Å².